The van der Waals surface area contributed by atoms with E-state index in [0.29, 0.717) is 0 Å². The van der Waals surface area contributed by atoms with Crippen molar-refractivity contribution in [2.24, 2.45) is 0 Å². The molecule has 3 nitrogen and oxygen atoms in total. The molecule has 0 aliphatic carbocycles. The van der Waals surface area contributed by atoms with E-state index in [1.165, 1.54) is 18.2 Å². The monoisotopic (exact) mass is 322 g/mol. The minimum atomic E-state index is -5.64. The van der Waals surface area contributed by atoms with Crippen molar-refractivity contribution in [1.29, 1.82) is 0 Å². The summed E-state index contributed by atoms with van der Waals surface area (Å²) >= 11 is 11.3. The SMILES string of the molecule is CC(OS(=O)(=O)C(F)(F)F)c1ccc(Cl)c(Cl)c1. The topological polar surface area (TPSA) is 43.4 Å². The molecule has 18 heavy (non-hydrogen) atoms. The van der Waals surface area contributed by atoms with Crippen molar-refractivity contribution >= 4 is 33.3 Å². The first-order valence-electron chi connectivity index (χ1n) is 4.49. The van der Waals surface area contributed by atoms with Gasteiger partial charge in [-0.3, -0.25) is 4.18 Å². The lowest BCUT2D eigenvalue weighted by Crippen LogP contribution is -2.26. The molecular weight excluding hydrogens is 316 g/mol. The second-order valence-electron chi connectivity index (χ2n) is 3.31. The third kappa shape index (κ3) is 3.50. The van der Waals surface area contributed by atoms with E-state index in [1.54, 1.807) is 0 Å². The summed E-state index contributed by atoms with van der Waals surface area (Å²) in [4.78, 5) is 0. The normalized spacial score (nSPS) is 14.6. The number of rotatable bonds is 3. The largest absolute Gasteiger partial charge is 0.523 e. The van der Waals surface area contributed by atoms with Crippen molar-refractivity contribution < 1.29 is 25.8 Å². The molecule has 1 aromatic carbocycles. The third-order valence-electron chi connectivity index (χ3n) is 1.97. The molecule has 1 unspecified atom stereocenters. The van der Waals surface area contributed by atoms with Gasteiger partial charge >= 0.3 is 15.6 Å². The Hall–Kier alpha value is -0.500. The molecule has 0 saturated carbocycles. The maximum Gasteiger partial charge on any atom is 0.523 e. The average Bonchev–Trinajstić information content (AvgIpc) is 2.19. The molecule has 0 radical (unpaired) electrons. The van der Waals surface area contributed by atoms with Gasteiger partial charge in [-0.2, -0.15) is 21.6 Å². The molecule has 0 N–H and O–H groups in total. The fraction of sp³-hybridized carbons (Fsp3) is 0.333. The molecule has 9 heteroatoms. The lowest BCUT2D eigenvalue weighted by atomic mass is 10.1. The van der Waals surface area contributed by atoms with Gasteiger partial charge < -0.3 is 0 Å². The van der Waals surface area contributed by atoms with Gasteiger partial charge in [0.1, 0.15) is 0 Å². The van der Waals surface area contributed by atoms with Crippen molar-refractivity contribution in [2.75, 3.05) is 0 Å². The molecular formula is C9H7Cl2F3O3S. The van der Waals surface area contributed by atoms with Gasteiger partial charge in [0.05, 0.1) is 16.1 Å². The summed E-state index contributed by atoms with van der Waals surface area (Å²) in [5.74, 6) is 0. The zero-order valence-corrected chi connectivity index (χ0v) is 11.2. The summed E-state index contributed by atoms with van der Waals surface area (Å²) < 4.78 is 61.9. The van der Waals surface area contributed by atoms with E-state index in [-0.39, 0.29) is 15.6 Å². The van der Waals surface area contributed by atoms with Crippen molar-refractivity contribution in [3.05, 3.63) is 33.8 Å². The van der Waals surface area contributed by atoms with Gasteiger partial charge in [-0.15, -0.1) is 0 Å². The summed E-state index contributed by atoms with van der Waals surface area (Å²) in [7, 11) is -5.64. The van der Waals surface area contributed by atoms with Gasteiger partial charge in [-0.05, 0) is 24.6 Å². The molecule has 0 aliphatic heterocycles. The first-order valence-corrected chi connectivity index (χ1v) is 6.65. The minimum Gasteiger partial charge on any atom is -0.255 e. The van der Waals surface area contributed by atoms with Crippen LogP contribution in [0, 0.1) is 0 Å². The Balaban J connectivity index is 2.96. The van der Waals surface area contributed by atoms with Crippen LogP contribution in [0.3, 0.4) is 0 Å². The molecule has 1 aromatic rings. The molecule has 0 bridgehead atoms. The predicted octanol–water partition coefficient (Wildman–Crippen LogP) is 3.92. The molecule has 1 atom stereocenters. The van der Waals surface area contributed by atoms with Gasteiger partial charge in [0, 0.05) is 0 Å². The fourth-order valence-electron chi connectivity index (χ4n) is 1.07. The van der Waals surface area contributed by atoms with E-state index in [9.17, 15) is 21.6 Å². The van der Waals surface area contributed by atoms with Crippen LogP contribution in [0.1, 0.15) is 18.6 Å². The molecule has 0 saturated heterocycles. The van der Waals surface area contributed by atoms with Crippen molar-refractivity contribution in [3.63, 3.8) is 0 Å². The zero-order chi connectivity index (χ0) is 14.1. The lowest BCUT2D eigenvalue weighted by Gasteiger charge is -2.15. The number of benzene rings is 1. The molecule has 0 spiro atoms. The minimum absolute atomic E-state index is 0.0917. The standard InChI is InChI=1S/C9H7Cl2F3O3S/c1-5(17-18(15,16)9(12,13)14)6-2-3-7(10)8(11)4-6/h2-5H,1H3. The average molecular weight is 323 g/mol. The van der Waals surface area contributed by atoms with Crippen LogP contribution in [0.4, 0.5) is 13.2 Å². The molecule has 0 aliphatic rings. The van der Waals surface area contributed by atoms with Crippen molar-refractivity contribution in [3.8, 4) is 0 Å². The fourth-order valence-corrected chi connectivity index (χ4v) is 1.97. The van der Waals surface area contributed by atoms with Gasteiger partial charge in [-0.25, -0.2) is 0 Å². The molecule has 102 valence electrons. The van der Waals surface area contributed by atoms with Gasteiger partial charge in [-0.1, -0.05) is 29.3 Å². The smallest absolute Gasteiger partial charge is 0.255 e. The summed E-state index contributed by atoms with van der Waals surface area (Å²) in [5.41, 5.74) is -5.30. The maximum atomic E-state index is 12.1. The van der Waals surface area contributed by atoms with Crippen LogP contribution >= 0.6 is 23.2 Å². The van der Waals surface area contributed by atoms with E-state index in [0.717, 1.165) is 6.92 Å². The Morgan fingerprint density at radius 3 is 2.22 bits per heavy atom. The number of halogens is 5. The van der Waals surface area contributed by atoms with Gasteiger partial charge in [0.15, 0.2) is 0 Å². The Morgan fingerprint density at radius 2 is 1.78 bits per heavy atom. The molecule has 0 fully saturated rings. The van der Waals surface area contributed by atoms with E-state index in [4.69, 9.17) is 23.2 Å². The Kier molecular flexibility index (Phi) is 4.53. The van der Waals surface area contributed by atoms with Crippen LogP contribution in [0.5, 0.6) is 0 Å². The molecule has 0 aromatic heterocycles. The van der Waals surface area contributed by atoms with E-state index >= 15 is 0 Å². The molecule has 1 rings (SSSR count). The highest BCUT2D eigenvalue weighted by Crippen LogP contribution is 2.32. The Morgan fingerprint density at radius 1 is 1.22 bits per heavy atom. The summed E-state index contributed by atoms with van der Waals surface area (Å²) in [6.07, 6.45) is -1.33. The van der Waals surface area contributed by atoms with Gasteiger partial charge in [0.2, 0.25) is 0 Å². The predicted molar refractivity (Wildman–Crippen MR) is 60.9 cm³/mol. The maximum absolute atomic E-state index is 12.1. The second-order valence-corrected chi connectivity index (χ2v) is 5.69. The van der Waals surface area contributed by atoms with Gasteiger partial charge in [0.25, 0.3) is 0 Å². The molecule has 0 amide bonds. The highest BCUT2D eigenvalue weighted by molar-refractivity contribution is 7.87. The summed E-state index contributed by atoms with van der Waals surface area (Å²) in [6.45, 7) is 1.16. The van der Waals surface area contributed by atoms with Crippen molar-refractivity contribution in [1.82, 2.24) is 0 Å². The second kappa shape index (κ2) is 5.24. The quantitative estimate of drug-likeness (QED) is 0.625. The first-order chi connectivity index (χ1) is 8.04. The van der Waals surface area contributed by atoms with Crippen LogP contribution in [-0.2, 0) is 14.3 Å². The van der Waals surface area contributed by atoms with Crippen molar-refractivity contribution in [2.45, 2.75) is 18.5 Å². The highest BCUT2D eigenvalue weighted by Gasteiger charge is 2.48. The number of alkyl halides is 3. The van der Waals surface area contributed by atoms with Crippen LogP contribution < -0.4 is 0 Å². The van der Waals surface area contributed by atoms with E-state index < -0.39 is 21.7 Å². The third-order valence-corrected chi connectivity index (χ3v) is 3.82. The van der Waals surface area contributed by atoms with E-state index in [2.05, 4.69) is 4.18 Å². The number of hydrogen-bond acceptors (Lipinski definition) is 3. The Bertz CT molecular complexity index is 542. The highest BCUT2D eigenvalue weighted by atomic mass is 35.5. The lowest BCUT2D eigenvalue weighted by molar-refractivity contribution is -0.0569. The summed E-state index contributed by atoms with van der Waals surface area (Å²) in [5, 5.41) is 0.292. The van der Waals surface area contributed by atoms with E-state index in [1.807, 2.05) is 0 Å². The Labute approximate surface area is 112 Å². The first kappa shape index (κ1) is 15.6. The molecule has 0 heterocycles. The number of hydrogen-bond donors (Lipinski definition) is 0. The van der Waals surface area contributed by atoms with Crippen LogP contribution in [0.15, 0.2) is 18.2 Å². The van der Waals surface area contributed by atoms with Crippen LogP contribution in [0.2, 0.25) is 10.0 Å². The zero-order valence-electron chi connectivity index (χ0n) is 8.83. The van der Waals surface area contributed by atoms with Crippen LogP contribution in [-0.4, -0.2) is 13.9 Å². The summed E-state index contributed by atoms with van der Waals surface area (Å²) in [6, 6.07) is 3.89. The van der Waals surface area contributed by atoms with Crippen LogP contribution in [0.25, 0.3) is 0 Å².